The lowest BCUT2D eigenvalue weighted by Gasteiger charge is -2.20. The molecule has 0 unspecified atom stereocenters. The van der Waals surface area contributed by atoms with Crippen molar-refractivity contribution in [1.29, 1.82) is 0 Å². The molecule has 0 aliphatic carbocycles. The van der Waals surface area contributed by atoms with Crippen molar-refractivity contribution in [2.75, 3.05) is 5.32 Å². The molecular weight excluding hydrogens is 360 g/mol. The first-order chi connectivity index (χ1) is 11.5. The van der Waals surface area contributed by atoms with Gasteiger partial charge in [0.15, 0.2) is 0 Å². The van der Waals surface area contributed by atoms with E-state index >= 15 is 0 Å². The van der Waals surface area contributed by atoms with Crippen LogP contribution in [0.15, 0.2) is 29.2 Å². The van der Waals surface area contributed by atoms with Crippen molar-refractivity contribution in [2.24, 2.45) is 0 Å². The quantitative estimate of drug-likeness (QED) is 0.828. The summed E-state index contributed by atoms with van der Waals surface area (Å²) in [5, 5.41) is 11.9. The van der Waals surface area contributed by atoms with Gasteiger partial charge in [-0.15, -0.1) is 10.2 Å². The lowest BCUT2D eigenvalue weighted by Crippen LogP contribution is -2.40. The highest BCUT2D eigenvalue weighted by Crippen LogP contribution is 2.23. The van der Waals surface area contributed by atoms with E-state index in [-0.39, 0.29) is 16.7 Å². The van der Waals surface area contributed by atoms with Gasteiger partial charge in [-0.2, -0.15) is 0 Å². The Bertz CT molecular complexity index is 850. The Morgan fingerprint density at radius 3 is 2.20 bits per heavy atom. The molecule has 7 nitrogen and oxygen atoms in total. The van der Waals surface area contributed by atoms with Crippen LogP contribution in [0.2, 0.25) is 0 Å². The first-order valence-electron chi connectivity index (χ1n) is 7.77. The molecule has 0 bridgehead atoms. The average molecular weight is 383 g/mol. The van der Waals surface area contributed by atoms with Gasteiger partial charge in [0.1, 0.15) is 5.01 Å². The van der Waals surface area contributed by atoms with Crippen LogP contribution in [0.4, 0.5) is 5.13 Å². The molecule has 2 rings (SSSR count). The Morgan fingerprint density at radius 1 is 1.12 bits per heavy atom. The number of amides is 1. The molecule has 0 aliphatic heterocycles. The highest BCUT2D eigenvalue weighted by Gasteiger charge is 2.22. The fourth-order valence-corrected chi connectivity index (χ4v) is 4.09. The normalized spacial score (nSPS) is 12.4. The second kappa shape index (κ2) is 7.19. The van der Waals surface area contributed by atoms with Gasteiger partial charge >= 0.3 is 0 Å². The largest absolute Gasteiger partial charge is 0.296 e. The molecule has 0 saturated heterocycles. The summed E-state index contributed by atoms with van der Waals surface area (Å²) in [5.41, 5.74) is -0.239. The van der Waals surface area contributed by atoms with E-state index < -0.39 is 15.6 Å². The molecule has 1 amide bonds. The Hall–Kier alpha value is -1.84. The minimum Gasteiger partial charge on any atom is -0.296 e. The van der Waals surface area contributed by atoms with Crippen molar-refractivity contribution in [1.82, 2.24) is 14.9 Å². The molecular formula is C16H22N4O3S2. The van der Waals surface area contributed by atoms with Gasteiger partial charge in [0.05, 0.1) is 4.90 Å². The smallest absolute Gasteiger partial charge is 0.257 e. The van der Waals surface area contributed by atoms with Crippen LogP contribution in [-0.2, 0) is 10.0 Å². The van der Waals surface area contributed by atoms with E-state index in [4.69, 9.17) is 0 Å². The van der Waals surface area contributed by atoms with Gasteiger partial charge in [0.2, 0.25) is 15.2 Å². The Kier molecular flexibility index (Phi) is 5.60. The summed E-state index contributed by atoms with van der Waals surface area (Å²) < 4.78 is 27.1. The first-order valence-corrected chi connectivity index (χ1v) is 10.1. The van der Waals surface area contributed by atoms with E-state index in [0.717, 1.165) is 5.01 Å². The number of hydrogen-bond donors (Lipinski definition) is 2. The number of carbonyl (C=O) groups excluding carboxylic acids is 1. The first kappa shape index (κ1) is 19.5. The molecule has 0 fully saturated rings. The summed E-state index contributed by atoms with van der Waals surface area (Å²) in [4.78, 5) is 12.4. The number of benzene rings is 1. The van der Waals surface area contributed by atoms with Crippen molar-refractivity contribution in [3.8, 4) is 0 Å². The average Bonchev–Trinajstić information content (AvgIpc) is 2.93. The number of rotatable bonds is 5. The van der Waals surface area contributed by atoms with Gasteiger partial charge in [-0.3, -0.25) is 10.1 Å². The van der Waals surface area contributed by atoms with Crippen LogP contribution >= 0.6 is 11.3 Å². The molecule has 1 aromatic carbocycles. The Labute approximate surface area is 151 Å². The maximum atomic E-state index is 12.3. The van der Waals surface area contributed by atoms with Crippen LogP contribution in [0.25, 0.3) is 0 Å². The monoisotopic (exact) mass is 382 g/mol. The third-order valence-electron chi connectivity index (χ3n) is 3.02. The maximum absolute atomic E-state index is 12.3. The molecule has 0 radical (unpaired) electrons. The van der Waals surface area contributed by atoms with Crippen LogP contribution in [0, 0.1) is 0 Å². The van der Waals surface area contributed by atoms with Crippen LogP contribution in [0.3, 0.4) is 0 Å². The predicted molar refractivity (Wildman–Crippen MR) is 98.5 cm³/mol. The zero-order valence-corrected chi connectivity index (χ0v) is 16.5. The summed E-state index contributed by atoms with van der Waals surface area (Å²) in [6, 6.07) is 5.75. The third-order valence-corrected chi connectivity index (χ3v) is 5.94. The molecule has 1 aromatic heterocycles. The topological polar surface area (TPSA) is 101 Å². The van der Waals surface area contributed by atoms with E-state index in [1.165, 1.54) is 35.6 Å². The molecule has 136 valence electrons. The number of sulfonamides is 1. The summed E-state index contributed by atoms with van der Waals surface area (Å²) in [6.45, 7) is 9.29. The predicted octanol–water partition coefficient (Wildman–Crippen LogP) is 2.99. The lowest BCUT2D eigenvalue weighted by molar-refractivity contribution is 0.102. The van der Waals surface area contributed by atoms with Crippen LogP contribution in [-0.4, -0.2) is 30.1 Å². The zero-order valence-electron chi connectivity index (χ0n) is 14.8. The highest BCUT2D eigenvalue weighted by atomic mass is 32.2. The number of hydrogen-bond acceptors (Lipinski definition) is 6. The fraction of sp³-hybridized carbons (Fsp3) is 0.438. The van der Waals surface area contributed by atoms with Gasteiger partial charge in [0.25, 0.3) is 5.91 Å². The van der Waals surface area contributed by atoms with Gasteiger partial charge < -0.3 is 0 Å². The molecule has 2 aromatic rings. The van der Waals surface area contributed by atoms with Crippen molar-refractivity contribution < 1.29 is 13.2 Å². The zero-order chi connectivity index (χ0) is 18.8. The van der Waals surface area contributed by atoms with Crippen LogP contribution < -0.4 is 10.0 Å². The van der Waals surface area contributed by atoms with Gasteiger partial charge in [-0.25, -0.2) is 13.1 Å². The summed E-state index contributed by atoms with van der Waals surface area (Å²) in [5.74, 6) is -0.123. The molecule has 0 aliphatic rings. The molecule has 0 saturated carbocycles. The minimum absolute atomic E-state index is 0.108. The number of nitrogens with zero attached hydrogens (tertiary/aromatic N) is 2. The summed E-state index contributed by atoms with van der Waals surface area (Å²) in [6.07, 6.45) is 0. The van der Waals surface area contributed by atoms with E-state index in [2.05, 4.69) is 20.2 Å². The molecule has 2 N–H and O–H groups in total. The molecule has 9 heteroatoms. The number of anilines is 1. The number of carbonyl (C=O) groups is 1. The minimum atomic E-state index is -3.63. The van der Waals surface area contributed by atoms with Gasteiger partial charge in [-0.1, -0.05) is 25.2 Å². The van der Waals surface area contributed by atoms with E-state index in [1.807, 2.05) is 13.8 Å². The summed E-state index contributed by atoms with van der Waals surface area (Å²) in [7, 11) is -3.63. The van der Waals surface area contributed by atoms with Gasteiger partial charge in [0, 0.05) is 17.0 Å². The lowest BCUT2D eigenvalue weighted by atomic mass is 10.1. The van der Waals surface area contributed by atoms with Crippen molar-refractivity contribution in [2.45, 2.75) is 51.0 Å². The van der Waals surface area contributed by atoms with E-state index in [9.17, 15) is 13.2 Å². The SMILES string of the molecule is CC(C)c1nnc(NC(=O)c2ccc(S(=O)(=O)NC(C)(C)C)cc2)s1. The van der Waals surface area contributed by atoms with E-state index in [1.54, 1.807) is 20.8 Å². The van der Waals surface area contributed by atoms with Crippen molar-refractivity contribution >= 4 is 32.4 Å². The molecule has 25 heavy (non-hydrogen) atoms. The highest BCUT2D eigenvalue weighted by molar-refractivity contribution is 7.89. The van der Waals surface area contributed by atoms with Crippen LogP contribution in [0.5, 0.6) is 0 Å². The fourth-order valence-electron chi connectivity index (χ4n) is 1.94. The Balaban J connectivity index is 2.12. The molecule has 1 heterocycles. The van der Waals surface area contributed by atoms with Gasteiger partial charge in [-0.05, 0) is 45.0 Å². The second-order valence-electron chi connectivity index (χ2n) is 6.93. The third kappa shape index (κ3) is 5.32. The van der Waals surface area contributed by atoms with Crippen molar-refractivity contribution in [3.05, 3.63) is 34.8 Å². The maximum Gasteiger partial charge on any atom is 0.257 e. The van der Waals surface area contributed by atoms with Crippen LogP contribution in [0.1, 0.15) is 55.9 Å². The van der Waals surface area contributed by atoms with E-state index in [0.29, 0.717) is 10.7 Å². The second-order valence-corrected chi connectivity index (χ2v) is 9.63. The number of nitrogens with one attached hydrogen (secondary N) is 2. The standard InChI is InChI=1S/C16H22N4O3S2/c1-10(2)14-18-19-15(24-14)17-13(21)11-6-8-12(9-7-11)25(22,23)20-16(3,4)5/h6-10,20H,1-5H3,(H,17,19,21). The Morgan fingerprint density at radius 2 is 1.72 bits per heavy atom. The molecule has 0 atom stereocenters. The summed E-state index contributed by atoms with van der Waals surface area (Å²) >= 11 is 1.32. The molecule has 0 spiro atoms. The number of aromatic nitrogens is 2. The van der Waals surface area contributed by atoms with Crippen molar-refractivity contribution in [3.63, 3.8) is 0 Å².